The fraction of sp³-hybridized carbons (Fsp3) is 0.500. The van der Waals surface area contributed by atoms with Gasteiger partial charge in [-0.25, -0.2) is 9.38 Å². The zero-order valence-electron chi connectivity index (χ0n) is 12.8. The van der Waals surface area contributed by atoms with Crippen LogP contribution in [0.3, 0.4) is 0 Å². The van der Waals surface area contributed by atoms with Crippen molar-refractivity contribution in [1.29, 1.82) is 0 Å². The van der Waals surface area contributed by atoms with Crippen LogP contribution in [0.4, 0.5) is 10.1 Å². The van der Waals surface area contributed by atoms with Gasteiger partial charge in [0.25, 0.3) is 0 Å². The first-order chi connectivity index (χ1) is 10.4. The minimum atomic E-state index is -1.24. The zero-order valence-corrected chi connectivity index (χ0v) is 12.8. The van der Waals surface area contributed by atoms with E-state index in [0.717, 1.165) is 19.5 Å². The van der Waals surface area contributed by atoms with E-state index in [0.29, 0.717) is 17.3 Å². The Kier molecular flexibility index (Phi) is 3.67. The predicted molar refractivity (Wildman–Crippen MR) is 84.5 cm³/mol. The van der Waals surface area contributed by atoms with Crippen molar-refractivity contribution in [1.82, 2.24) is 15.8 Å². The van der Waals surface area contributed by atoms with Crippen LogP contribution in [-0.4, -0.2) is 44.1 Å². The van der Waals surface area contributed by atoms with E-state index < -0.39 is 5.79 Å². The third-order valence-corrected chi connectivity index (χ3v) is 4.30. The van der Waals surface area contributed by atoms with Gasteiger partial charge in [-0.3, -0.25) is 11.2 Å². The van der Waals surface area contributed by atoms with Crippen LogP contribution in [0.2, 0.25) is 0 Å². The van der Waals surface area contributed by atoms with E-state index in [1.165, 1.54) is 6.07 Å². The van der Waals surface area contributed by atoms with Crippen LogP contribution in [0.15, 0.2) is 23.2 Å². The first-order valence-corrected chi connectivity index (χ1v) is 7.28. The molecule has 0 radical (unpaired) electrons. The molecule has 0 amide bonds. The Morgan fingerprint density at radius 2 is 2.23 bits per heavy atom. The predicted octanol–water partition coefficient (Wildman–Crippen LogP) is -0.542. The first kappa shape index (κ1) is 15.0. The van der Waals surface area contributed by atoms with Gasteiger partial charge in [-0.05, 0) is 32.6 Å². The lowest BCUT2D eigenvalue weighted by Gasteiger charge is -2.24. The number of hydrogen-bond donors (Lipinski definition) is 4. The molecule has 120 valence electrons. The van der Waals surface area contributed by atoms with Crippen molar-refractivity contribution < 1.29 is 4.39 Å². The average Bonchev–Trinajstić information content (AvgIpc) is 3.07. The van der Waals surface area contributed by atoms with Crippen LogP contribution in [0.1, 0.15) is 12.0 Å². The van der Waals surface area contributed by atoms with Gasteiger partial charge in [0.1, 0.15) is 5.82 Å². The van der Waals surface area contributed by atoms with Crippen LogP contribution < -0.4 is 27.2 Å². The molecule has 1 fully saturated rings. The standard InChI is InChI=1S/C14H22FN7/c1-21(2)10-5-6-22(8-10)12-4-3-9(7-11(12)15)14(17)18-13(16)19-20-14/h3-4,7,10,20H,5-6,8,17H2,1-2H3,(H3,16,18,19)/t10-,14?/m1/s1. The number of likely N-dealkylation sites (N-methyl/N-ethyl adjacent to an activating group) is 1. The fourth-order valence-electron chi connectivity index (χ4n) is 2.92. The lowest BCUT2D eigenvalue weighted by atomic mass is 10.1. The number of nitrogens with zero attached hydrogens (tertiary/aromatic N) is 3. The quantitative estimate of drug-likeness (QED) is 0.599. The van der Waals surface area contributed by atoms with Crippen LogP contribution in [0.5, 0.6) is 0 Å². The maximum Gasteiger partial charge on any atom is 0.209 e. The van der Waals surface area contributed by atoms with Gasteiger partial charge in [0.2, 0.25) is 11.7 Å². The highest BCUT2D eigenvalue weighted by atomic mass is 19.1. The summed E-state index contributed by atoms with van der Waals surface area (Å²) >= 11 is 0. The molecule has 1 aromatic rings. The maximum absolute atomic E-state index is 14.5. The Morgan fingerprint density at radius 1 is 1.45 bits per heavy atom. The minimum Gasteiger partial charge on any atom is -0.369 e. The molecule has 0 bridgehead atoms. The summed E-state index contributed by atoms with van der Waals surface area (Å²) < 4.78 is 14.5. The van der Waals surface area contributed by atoms with Crippen molar-refractivity contribution in [2.75, 3.05) is 32.1 Å². The van der Waals surface area contributed by atoms with Gasteiger partial charge in [-0.2, -0.15) is 5.43 Å². The number of anilines is 1. The van der Waals surface area contributed by atoms with Gasteiger partial charge >= 0.3 is 0 Å². The lowest BCUT2D eigenvalue weighted by molar-refractivity contribution is 0.315. The van der Waals surface area contributed by atoms with Crippen LogP contribution in [0.25, 0.3) is 0 Å². The molecule has 2 heterocycles. The second-order valence-electron chi connectivity index (χ2n) is 6.03. The number of halogens is 1. The molecule has 2 atom stereocenters. The molecule has 0 spiro atoms. The zero-order chi connectivity index (χ0) is 15.9. The smallest absolute Gasteiger partial charge is 0.209 e. The van der Waals surface area contributed by atoms with Crippen molar-refractivity contribution in [3.63, 3.8) is 0 Å². The number of nitrogens with one attached hydrogen (secondary N) is 2. The number of guanidine groups is 1. The van der Waals surface area contributed by atoms with E-state index in [1.54, 1.807) is 12.1 Å². The number of nitrogens with two attached hydrogens (primary N) is 2. The van der Waals surface area contributed by atoms with Gasteiger partial charge in [-0.15, -0.1) is 0 Å². The van der Waals surface area contributed by atoms with E-state index in [9.17, 15) is 4.39 Å². The SMILES string of the molecule is CN(C)[C@@H]1CCN(c2ccc(C3(N)N=C(N)NN3)cc2F)C1. The monoisotopic (exact) mass is 307 g/mol. The summed E-state index contributed by atoms with van der Waals surface area (Å²) in [4.78, 5) is 8.29. The molecular weight excluding hydrogens is 285 g/mol. The molecule has 1 unspecified atom stereocenters. The molecule has 7 nitrogen and oxygen atoms in total. The van der Waals surface area contributed by atoms with Gasteiger partial charge < -0.3 is 15.5 Å². The molecule has 0 aromatic heterocycles. The van der Waals surface area contributed by atoms with E-state index in [2.05, 4.69) is 25.6 Å². The molecule has 8 heteroatoms. The summed E-state index contributed by atoms with van der Waals surface area (Å²) in [6.45, 7) is 1.67. The summed E-state index contributed by atoms with van der Waals surface area (Å²) in [5, 5.41) is 0. The third-order valence-electron chi connectivity index (χ3n) is 4.30. The highest BCUT2D eigenvalue weighted by Crippen LogP contribution is 2.28. The van der Waals surface area contributed by atoms with Crippen LogP contribution >= 0.6 is 0 Å². The van der Waals surface area contributed by atoms with E-state index in [1.807, 2.05) is 14.1 Å². The summed E-state index contributed by atoms with van der Waals surface area (Å²) in [6, 6.07) is 5.39. The van der Waals surface area contributed by atoms with E-state index >= 15 is 0 Å². The second kappa shape index (κ2) is 5.38. The van der Waals surface area contributed by atoms with Gasteiger partial charge in [0.05, 0.1) is 5.69 Å². The number of aliphatic imine (C=N–C) groups is 1. The Bertz CT molecular complexity index is 603. The van der Waals surface area contributed by atoms with Crippen LogP contribution in [-0.2, 0) is 5.79 Å². The molecule has 2 aliphatic heterocycles. The summed E-state index contributed by atoms with van der Waals surface area (Å²) in [7, 11) is 4.10. The molecule has 1 aromatic carbocycles. The minimum absolute atomic E-state index is 0.181. The van der Waals surface area contributed by atoms with Crippen molar-refractivity contribution in [2.45, 2.75) is 18.2 Å². The van der Waals surface area contributed by atoms with Crippen LogP contribution in [0, 0.1) is 5.82 Å². The first-order valence-electron chi connectivity index (χ1n) is 7.28. The lowest BCUT2D eigenvalue weighted by Crippen LogP contribution is -2.50. The van der Waals surface area contributed by atoms with Crippen molar-refractivity contribution in [3.05, 3.63) is 29.6 Å². The largest absolute Gasteiger partial charge is 0.369 e. The Hall–Kier alpha value is -1.90. The Balaban J connectivity index is 1.82. The highest BCUT2D eigenvalue weighted by molar-refractivity contribution is 5.79. The van der Waals surface area contributed by atoms with Crippen molar-refractivity contribution in [3.8, 4) is 0 Å². The molecule has 6 N–H and O–H groups in total. The maximum atomic E-state index is 14.5. The average molecular weight is 307 g/mol. The number of hydrazine groups is 1. The Labute approximate surface area is 129 Å². The molecule has 3 rings (SSSR count). The van der Waals surface area contributed by atoms with Crippen molar-refractivity contribution >= 4 is 11.6 Å². The summed E-state index contributed by atoms with van der Waals surface area (Å²) in [6.07, 6.45) is 1.03. The van der Waals surface area contributed by atoms with Gasteiger partial charge in [0, 0.05) is 24.7 Å². The van der Waals surface area contributed by atoms with Gasteiger partial charge in [0.15, 0.2) is 0 Å². The van der Waals surface area contributed by atoms with E-state index in [-0.39, 0.29) is 11.8 Å². The van der Waals surface area contributed by atoms with Crippen molar-refractivity contribution in [2.24, 2.45) is 16.5 Å². The highest BCUT2D eigenvalue weighted by Gasteiger charge is 2.33. The fourth-order valence-corrected chi connectivity index (χ4v) is 2.92. The summed E-state index contributed by atoms with van der Waals surface area (Å²) in [5.41, 5.74) is 18.1. The van der Waals surface area contributed by atoms with E-state index in [4.69, 9.17) is 11.5 Å². The molecule has 2 aliphatic rings. The molecule has 0 aliphatic carbocycles. The molecule has 22 heavy (non-hydrogen) atoms. The Morgan fingerprint density at radius 3 is 2.77 bits per heavy atom. The molecular formula is C14H22FN7. The number of hydrogen-bond acceptors (Lipinski definition) is 7. The number of benzene rings is 1. The molecule has 1 saturated heterocycles. The number of rotatable bonds is 3. The second-order valence-corrected chi connectivity index (χ2v) is 6.03. The molecule has 0 saturated carbocycles. The normalized spacial score (nSPS) is 28.1. The van der Waals surface area contributed by atoms with Gasteiger partial charge in [-0.1, -0.05) is 6.07 Å². The summed E-state index contributed by atoms with van der Waals surface area (Å²) in [5.74, 6) is -1.36. The topological polar surface area (TPSA) is 94.9 Å². The third kappa shape index (κ3) is 2.60.